The van der Waals surface area contributed by atoms with Gasteiger partial charge in [-0.3, -0.25) is 14.5 Å². The topological polar surface area (TPSA) is 72.9 Å². The zero-order valence-electron chi connectivity index (χ0n) is 24.6. The number of likely N-dealkylation sites (tertiary alicyclic amines) is 2. The lowest BCUT2D eigenvalue weighted by molar-refractivity contribution is -0.214. The number of phenolic OH excluding ortho intramolecular Hbond substituents is 1. The fourth-order valence-electron chi connectivity index (χ4n) is 7.10. The first-order chi connectivity index (χ1) is 20.6. The fourth-order valence-corrected chi connectivity index (χ4v) is 7.10. The normalized spacial score (nSPS) is 25.1. The monoisotopic (exact) mass is 603 g/mol. The van der Waals surface area contributed by atoms with Gasteiger partial charge in [0.25, 0.3) is 0 Å². The van der Waals surface area contributed by atoms with Gasteiger partial charge in [0.2, 0.25) is 5.91 Å². The molecule has 0 bridgehead atoms. The highest BCUT2D eigenvalue weighted by atomic mass is 19.4. The minimum Gasteiger partial charge on any atom is -0.508 e. The Labute approximate surface area is 250 Å². The van der Waals surface area contributed by atoms with E-state index in [1.165, 1.54) is 59.5 Å². The number of hydrogen-bond acceptors (Lipinski definition) is 5. The van der Waals surface area contributed by atoms with Crippen LogP contribution in [0.15, 0.2) is 42.5 Å². The maximum Gasteiger partial charge on any atom is 0.404 e. The van der Waals surface area contributed by atoms with E-state index in [2.05, 4.69) is 5.32 Å². The van der Waals surface area contributed by atoms with Crippen LogP contribution in [0.25, 0.3) is 0 Å². The Bertz CT molecular complexity index is 1290. The number of piperidine rings is 1. The molecule has 234 valence electrons. The van der Waals surface area contributed by atoms with E-state index in [1.807, 2.05) is 0 Å². The summed E-state index contributed by atoms with van der Waals surface area (Å²) in [5.41, 5.74) is 0.526. The summed E-state index contributed by atoms with van der Waals surface area (Å²) in [5.74, 6) is -5.76. The molecule has 2 aromatic carbocycles. The molecular formula is C33H41F4N3O3. The molecule has 10 heteroatoms. The van der Waals surface area contributed by atoms with Crippen molar-refractivity contribution in [3.8, 4) is 5.75 Å². The number of rotatable bonds is 10. The number of unbranched alkanes of at least 4 members (excludes halogenated alkanes) is 1. The minimum atomic E-state index is -4.76. The van der Waals surface area contributed by atoms with Crippen LogP contribution in [0.4, 0.5) is 17.6 Å². The molecule has 5 rings (SSSR count). The molecule has 4 atom stereocenters. The van der Waals surface area contributed by atoms with E-state index < -0.39 is 47.5 Å². The number of phenols is 1. The van der Waals surface area contributed by atoms with E-state index in [9.17, 15) is 19.1 Å². The van der Waals surface area contributed by atoms with Gasteiger partial charge in [-0.2, -0.15) is 13.2 Å². The summed E-state index contributed by atoms with van der Waals surface area (Å²) in [4.78, 5) is 31.1. The van der Waals surface area contributed by atoms with Crippen molar-refractivity contribution in [2.45, 2.75) is 76.0 Å². The van der Waals surface area contributed by atoms with Crippen LogP contribution in [-0.2, 0) is 4.79 Å². The third kappa shape index (κ3) is 6.90. The van der Waals surface area contributed by atoms with E-state index in [0.29, 0.717) is 51.4 Å². The quantitative estimate of drug-likeness (QED) is 0.203. The summed E-state index contributed by atoms with van der Waals surface area (Å²) in [5, 5.41) is 13.5. The van der Waals surface area contributed by atoms with Crippen LogP contribution < -0.4 is 5.32 Å². The number of halogens is 4. The molecule has 3 aliphatic rings. The molecule has 2 aliphatic heterocycles. The third-order valence-electron chi connectivity index (χ3n) is 9.57. The average molecular weight is 604 g/mol. The number of alkyl halides is 3. The first-order valence-corrected chi connectivity index (χ1v) is 15.5. The highest BCUT2D eigenvalue weighted by molar-refractivity contribution is 5.99. The first-order valence-electron chi connectivity index (χ1n) is 15.5. The number of carbonyl (C=O) groups is 2. The van der Waals surface area contributed by atoms with E-state index in [1.54, 1.807) is 6.07 Å². The number of aromatic hydroxyl groups is 1. The van der Waals surface area contributed by atoms with Gasteiger partial charge in [0.1, 0.15) is 17.6 Å². The highest BCUT2D eigenvalue weighted by Crippen LogP contribution is 2.49. The smallest absolute Gasteiger partial charge is 0.404 e. The van der Waals surface area contributed by atoms with Crippen LogP contribution in [0.1, 0.15) is 72.3 Å². The average Bonchev–Trinajstić information content (AvgIpc) is 3.48. The molecule has 1 saturated carbocycles. The van der Waals surface area contributed by atoms with Crippen LogP contribution in [0.3, 0.4) is 0 Å². The van der Waals surface area contributed by atoms with Crippen molar-refractivity contribution in [1.82, 2.24) is 15.1 Å². The summed E-state index contributed by atoms with van der Waals surface area (Å²) < 4.78 is 60.5. The Morgan fingerprint density at radius 1 is 1.02 bits per heavy atom. The van der Waals surface area contributed by atoms with Crippen LogP contribution in [0, 0.1) is 24.6 Å². The van der Waals surface area contributed by atoms with Crippen molar-refractivity contribution >= 4 is 11.7 Å². The molecule has 2 aromatic rings. The van der Waals surface area contributed by atoms with Crippen molar-refractivity contribution in [3.05, 3.63) is 65.0 Å². The van der Waals surface area contributed by atoms with Crippen molar-refractivity contribution in [1.29, 1.82) is 0 Å². The molecule has 0 unspecified atom stereocenters. The number of Topliss-reactive ketones (excluding diaryl/α,β-unsaturated/α-hetero) is 1. The van der Waals surface area contributed by atoms with Gasteiger partial charge in [-0.15, -0.1) is 0 Å². The maximum absolute atomic E-state index is 15.2. The van der Waals surface area contributed by atoms with Crippen LogP contribution >= 0.6 is 0 Å². The standard InChI is InChI=1S/C33H41F4N3O3/c1-21-25(13-8-14-27(21)34)28-26(30(42)22-9-6-12-24(41)19-22)20-40(18-3-2-15-38-23-10-7-11-23)31(33(35,36)37)29(28)32(43)39-16-4-5-17-39/h6,8-9,12-14,19,23,26,28-29,31,38,41H,2-5,7,10-11,15-18,20H2,1H3/t26-,28+,29-,31-/m0/s1. The predicted octanol–water partition coefficient (Wildman–Crippen LogP) is 5.83. The summed E-state index contributed by atoms with van der Waals surface area (Å²) >= 11 is 0. The largest absolute Gasteiger partial charge is 0.508 e. The third-order valence-corrected chi connectivity index (χ3v) is 9.57. The lowest BCUT2D eigenvalue weighted by Gasteiger charge is -2.50. The number of nitrogens with zero attached hydrogens (tertiary/aromatic N) is 2. The predicted molar refractivity (Wildman–Crippen MR) is 155 cm³/mol. The second kappa shape index (κ2) is 13.3. The molecule has 3 fully saturated rings. The summed E-state index contributed by atoms with van der Waals surface area (Å²) in [7, 11) is 0. The van der Waals surface area contributed by atoms with Gasteiger partial charge in [-0.1, -0.05) is 30.7 Å². The lowest BCUT2D eigenvalue weighted by Crippen LogP contribution is -2.63. The molecular weight excluding hydrogens is 562 g/mol. The molecule has 1 amide bonds. The van der Waals surface area contributed by atoms with E-state index in [-0.39, 0.29) is 35.5 Å². The van der Waals surface area contributed by atoms with Crippen molar-refractivity contribution in [2.75, 3.05) is 32.7 Å². The Hall–Kier alpha value is -2.98. The van der Waals surface area contributed by atoms with Gasteiger partial charge in [-0.25, -0.2) is 4.39 Å². The molecule has 0 aromatic heterocycles. The van der Waals surface area contributed by atoms with E-state index >= 15 is 13.2 Å². The number of nitrogens with one attached hydrogen (secondary N) is 1. The molecule has 43 heavy (non-hydrogen) atoms. The van der Waals surface area contributed by atoms with Crippen molar-refractivity contribution in [2.24, 2.45) is 11.8 Å². The number of ketones is 1. The van der Waals surface area contributed by atoms with Gasteiger partial charge in [-0.05, 0) is 87.9 Å². The van der Waals surface area contributed by atoms with Crippen LogP contribution in [-0.4, -0.2) is 77.6 Å². The van der Waals surface area contributed by atoms with Gasteiger partial charge in [0.15, 0.2) is 5.78 Å². The lowest BCUT2D eigenvalue weighted by atomic mass is 9.66. The number of amides is 1. The number of benzene rings is 2. The van der Waals surface area contributed by atoms with E-state index in [0.717, 1.165) is 12.8 Å². The second-order valence-electron chi connectivity index (χ2n) is 12.3. The van der Waals surface area contributed by atoms with Crippen molar-refractivity contribution < 1.29 is 32.3 Å². The van der Waals surface area contributed by atoms with Crippen LogP contribution in [0.2, 0.25) is 0 Å². The number of carbonyl (C=O) groups excluding carboxylic acids is 2. The zero-order chi connectivity index (χ0) is 30.7. The fraction of sp³-hybridized carbons (Fsp3) is 0.576. The van der Waals surface area contributed by atoms with Gasteiger partial charge < -0.3 is 15.3 Å². The highest BCUT2D eigenvalue weighted by Gasteiger charge is 2.60. The molecule has 1 aliphatic carbocycles. The Kier molecular flexibility index (Phi) is 9.76. The molecule has 2 N–H and O–H groups in total. The van der Waals surface area contributed by atoms with Crippen molar-refractivity contribution in [3.63, 3.8) is 0 Å². The van der Waals surface area contributed by atoms with Gasteiger partial charge in [0.05, 0.1) is 5.92 Å². The van der Waals surface area contributed by atoms with Gasteiger partial charge >= 0.3 is 6.18 Å². The Balaban J connectivity index is 1.56. The molecule has 0 spiro atoms. The summed E-state index contributed by atoms with van der Waals surface area (Å²) in [6, 6.07) is 8.28. The Morgan fingerprint density at radius 2 is 1.74 bits per heavy atom. The number of hydrogen-bond donors (Lipinski definition) is 2. The zero-order valence-corrected chi connectivity index (χ0v) is 24.6. The van der Waals surface area contributed by atoms with Gasteiger partial charge in [0, 0.05) is 43.1 Å². The Morgan fingerprint density at radius 3 is 2.40 bits per heavy atom. The second-order valence-corrected chi connectivity index (χ2v) is 12.3. The molecule has 2 saturated heterocycles. The maximum atomic E-state index is 15.2. The summed E-state index contributed by atoms with van der Waals surface area (Å²) in [6.07, 6.45) is 1.18. The molecule has 6 nitrogen and oxygen atoms in total. The first kappa shape index (κ1) is 31.4. The molecule has 2 heterocycles. The SMILES string of the molecule is Cc1c(F)cccc1[C@H]1[C@H](C(=O)N2CCCC2)[C@@H](C(F)(F)F)N(CCCCNC2CCC2)C[C@@H]1C(=O)c1cccc(O)c1. The van der Waals surface area contributed by atoms with E-state index in [4.69, 9.17) is 0 Å². The minimum absolute atomic E-state index is 0.0684. The molecule has 0 radical (unpaired) electrons. The summed E-state index contributed by atoms with van der Waals surface area (Å²) in [6.45, 7) is 2.72. The van der Waals surface area contributed by atoms with Crippen LogP contribution in [0.5, 0.6) is 5.75 Å².